The van der Waals surface area contributed by atoms with Gasteiger partial charge < -0.3 is 14.4 Å². The number of amides is 1. The third-order valence-corrected chi connectivity index (χ3v) is 6.74. The van der Waals surface area contributed by atoms with E-state index in [9.17, 15) is 22.4 Å². The van der Waals surface area contributed by atoms with Crippen LogP contribution < -0.4 is 4.74 Å². The molecule has 2 aromatic rings. The molecule has 3 fully saturated rings. The summed E-state index contributed by atoms with van der Waals surface area (Å²) in [6.07, 6.45) is -4.72. The first-order valence-corrected chi connectivity index (χ1v) is 11.2. The molecule has 1 spiro atoms. The molecule has 5 rings (SSSR count). The molecule has 182 valence electrons. The van der Waals surface area contributed by atoms with Gasteiger partial charge in [-0.15, -0.1) is 13.2 Å². The summed E-state index contributed by atoms with van der Waals surface area (Å²) in [7, 11) is 0. The Hall–Kier alpha value is -2.69. The van der Waals surface area contributed by atoms with Crippen LogP contribution in [0.5, 0.6) is 5.75 Å². The number of carbonyl (C=O) groups excluding carboxylic acids is 1. The molecule has 0 N–H and O–H groups in total. The number of hydrogen-bond acceptors (Lipinski definition) is 5. The van der Waals surface area contributed by atoms with Crippen molar-refractivity contribution in [2.24, 2.45) is 0 Å². The summed E-state index contributed by atoms with van der Waals surface area (Å²) in [6, 6.07) is 11.9. The Kier molecular flexibility index (Phi) is 5.99. The lowest BCUT2D eigenvalue weighted by Crippen LogP contribution is -2.80. The van der Waals surface area contributed by atoms with E-state index in [-0.39, 0.29) is 28.8 Å². The van der Waals surface area contributed by atoms with E-state index in [1.165, 1.54) is 24.3 Å². The maximum Gasteiger partial charge on any atom is 0.573 e. The van der Waals surface area contributed by atoms with Crippen molar-refractivity contribution in [3.63, 3.8) is 0 Å². The van der Waals surface area contributed by atoms with Gasteiger partial charge in [-0.05, 0) is 29.8 Å². The monoisotopic (exact) mass is 479 g/mol. The smallest absolute Gasteiger partial charge is 0.406 e. The summed E-state index contributed by atoms with van der Waals surface area (Å²) < 4.78 is 61.0. The van der Waals surface area contributed by atoms with Crippen LogP contribution in [0.25, 0.3) is 0 Å². The molecular formula is C24H25F4N3O3. The zero-order valence-corrected chi connectivity index (χ0v) is 18.4. The van der Waals surface area contributed by atoms with Crippen LogP contribution in [0.2, 0.25) is 0 Å². The molecule has 1 amide bonds. The Morgan fingerprint density at radius 2 is 1.82 bits per heavy atom. The van der Waals surface area contributed by atoms with Crippen LogP contribution in [0.4, 0.5) is 17.6 Å². The Bertz CT molecular complexity index is 1040. The number of piperazine rings is 1. The molecule has 2 aromatic carbocycles. The molecule has 0 unspecified atom stereocenters. The van der Waals surface area contributed by atoms with Gasteiger partial charge in [0.2, 0.25) is 0 Å². The lowest BCUT2D eigenvalue weighted by Gasteiger charge is -2.63. The van der Waals surface area contributed by atoms with Crippen molar-refractivity contribution in [1.82, 2.24) is 14.7 Å². The van der Waals surface area contributed by atoms with E-state index in [2.05, 4.69) is 14.5 Å². The van der Waals surface area contributed by atoms with Gasteiger partial charge in [0, 0.05) is 39.3 Å². The second-order valence-electron chi connectivity index (χ2n) is 9.15. The maximum absolute atomic E-state index is 14.3. The van der Waals surface area contributed by atoms with E-state index in [0.29, 0.717) is 45.9 Å². The molecule has 0 saturated carbocycles. The highest BCUT2D eigenvalue weighted by molar-refractivity contribution is 5.94. The van der Waals surface area contributed by atoms with Crippen LogP contribution in [0.3, 0.4) is 0 Å². The van der Waals surface area contributed by atoms with Crippen LogP contribution >= 0.6 is 0 Å². The fraction of sp³-hybridized carbons (Fsp3) is 0.458. The van der Waals surface area contributed by atoms with Gasteiger partial charge >= 0.3 is 6.36 Å². The van der Waals surface area contributed by atoms with E-state index in [1.807, 2.05) is 0 Å². The quantitative estimate of drug-likeness (QED) is 0.631. The number of carbonyl (C=O) groups is 1. The number of alkyl halides is 3. The van der Waals surface area contributed by atoms with Crippen LogP contribution in [-0.4, -0.2) is 84.5 Å². The molecule has 10 heteroatoms. The van der Waals surface area contributed by atoms with E-state index in [4.69, 9.17) is 4.74 Å². The van der Waals surface area contributed by atoms with Gasteiger partial charge in [-0.25, -0.2) is 4.39 Å². The third-order valence-electron chi connectivity index (χ3n) is 6.74. The molecular weight excluding hydrogens is 454 g/mol. The Labute approximate surface area is 194 Å². The highest BCUT2D eigenvalue weighted by Crippen LogP contribution is 2.37. The predicted molar refractivity (Wildman–Crippen MR) is 115 cm³/mol. The second kappa shape index (κ2) is 8.83. The SMILES string of the molecule is O=C(c1ccccc1F)N1C[C@@H]2COCCN2C2(CN(Cc3ccc(OC(F)(F)F)cc3)C2)C1. The second-order valence-corrected chi connectivity index (χ2v) is 9.15. The van der Waals surface area contributed by atoms with Crippen LogP contribution in [0.1, 0.15) is 15.9 Å². The van der Waals surface area contributed by atoms with E-state index in [0.717, 1.165) is 12.1 Å². The highest BCUT2D eigenvalue weighted by atomic mass is 19.4. The van der Waals surface area contributed by atoms with E-state index >= 15 is 0 Å². The Balaban J connectivity index is 1.27. The largest absolute Gasteiger partial charge is 0.573 e. The first-order valence-electron chi connectivity index (χ1n) is 11.2. The molecule has 0 radical (unpaired) electrons. The van der Waals surface area contributed by atoms with Gasteiger partial charge in [0.05, 0.1) is 30.4 Å². The van der Waals surface area contributed by atoms with Crippen LogP contribution in [0.15, 0.2) is 48.5 Å². The fourth-order valence-electron chi connectivity index (χ4n) is 5.39. The minimum atomic E-state index is -4.72. The number of likely N-dealkylation sites (tertiary alicyclic amines) is 1. The summed E-state index contributed by atoms with van der Waals surface area (Å²) in [5.41, 5.74) is 0.686. The van der Waals surface area contributed by atoms with Gasteiger partial charge in [0.15, 0.2) is 0 Å². The summed E-state index contributed by atoms with van der Waals surface area (Å²) in [5, 5.41) is 0. The lowest BCUT2D eigenvalue weighted by atomic mass is 9.82. The zero-order chi connectivity index (χ0) is 23.9. The average molecular weight is 479 g/mol. The number of nitrogens with zero attached hydrogens (tertiary/aromatic N) is 3. The Morgan fingerprint density at radius 3 is 2.53 bits per heavy atom. The summed E-state index contributed by atoms with van der Waals surface area (Å²) >= 11 is 0. The minimum absolute atomic E-state index is 0.0409. The molecule has 1 atom stereocenters. The first-order chi connectivity index (χ1) is 16.2. The highest BCUT2D eigenvalue weighted by Gasteiger charge is 2.54. The van der Waals surface area contributed by atoms with Crippen LogP contribution in [-0.2, 0) is 11.3 Å². The molecule has 3 heterocycles. The molecule has 6 nitrogen and oxygen atoms in total. The van der Waals surface area contributed by atoms with Gasteiger partial charge in [0.25, 0.3) is 5.91 Å². The molecule has 0 bridgehead atoms. The number of rotatable bonds is 4. The summed E-state index contributed by atoms with van der Waals surface area (Å²) in [5.74, 6) is -1.10. The van der Waals surface area contributed by atoms with Crippen molar-refractivity contribution in [2.75, 3.05) is 45.9 Å². The van der Waals surface area contributed by atoms with E-state index < -0.39 is 12.2 Å². The standard InChI is InChI=1S/C24H25F4N3O3/c25-21-4-2-1-3-20(21)22(32)30-12-18-13-33-10-9-31(18)23(16-30)14-29(15-23)11-17-5-7-19(8-6-17)34-24(26,27)28/h1-8,18H,9-16H2/t18-/m1/s1. The van der Waals surface area contributed by atoms with Gasteiger partial charge in [0.1, 0.15) is 11.6 Å². The van der Waals surface area contributed by atoms with Crippen molar-refractivity contribution < 1.29 is 31.8 Å². The molecule has 3 aliphatic heterocycles. The topological polar surface area (TPSA) is 45.2 Å². The summed E-state index contributed by atoms with van der Waals surface area (Å²) in [4.78, 5) is 19.5. The first kappa shape index (κ1) is 23.1. The normalized spacial score (nSPS) is 22.8. The van der Waals surface area contributed by atoms with Crippen molar-refractivity contribution in [1.29, 1.82) is 0 Å². The van der Waals surface area contributed by atoms with Gasteiger partial charge in [-0.1, -0.05) is 24.3 Å². The third kappa shape index (κ3) is 4.62. The van der Waals surface area contributed by atoms with Crippen molar-refractivity contribution in [3.8, 4) is 5.75 Å². The van der Waals surface area contributed by atoms with Crippen molar-refractivity contribution >= 4 is 5.91 Å². The molecule has 0 aromatic heterocycles. The fourth-order valence-corrected chi connectivity index (χ4v) is 5.39. The number of fused-ring (bicyclic) bond motifs is 2. The van der Waals surface area contributed by atoms with Crippen molar-refractivity contribution in [3.05, 3.63) is 65.5 Å². The minimum Gasteiger partial charge on any atom is -0.406 e. The number of benzene rings is 2. The van der Waals surface area contributed by atoms with Gasteiger partial charge in [-0.3, -0.25) is 14.6 Å². The van der Waals surface area contributed by atoms with Crippen molar-refractivity contribution in [2.45, 2.75) is 24.5 Å². The molecule has 0 aliphatic carbocycles. The van der Waals surface area contributed by atoms with E-state index in [1.54, 1.807) is 29.2 Å². The number of morpholine rings is 1. The maximum atomic E-state index is 14.3. The van der Waals surface area contributed by atoms with Gasteiger partial charge in [-0.2, -0.15) is 0 Å². The number of hydrogen-bond donors (Lipinski definition) is 0. The van der Waals surface area contributed by atoms with Crippen LogP contribution in [0, 0.1) is 5.82 Å². The lowest BCUT2D eigenvalue weighted by molar-refractivity contribution is -0.274. The predicted octanol–water partition coefficient (Wildman–Crippen LogP) is 3.14. The molecule has 3 saturated heterocycles. The number of halogens is 4. The number of ether oxygens (including phenoxy) is 2. The molecule has 3 aliphatic rings. The zero-order valence-electron chi connectivity index (χ0n) is 18.4. The average Bonchev–Trinajstić information content (AvgIpc) is 2.78. The Morgan fingerprint density at radius 1 is 1.09 bits per heavy atom. The summed E-state index contributed by atoms with van der Waals surface area (Å²) in [6.45, 7) is 4.86. The molecule has 34 heavy (non-hydrogen) atoms.